The van der Waals surface area contributed by atoms with E-state index in [0.29, 0.717) is 19.4 Å². The highest BCUT2D eigenvalue weighted by Crippen LogP contribution is 2.24. The minimum atomic E-state index is -2.90. The van der Waals surface area contributed by atoms with Gasteiger partial charge in [-0.15, -0.1) is 11.3 Å². The van der Waals surface area contributed by atoms with Gasteiger partial charge in [0.1, 0.15) is 0 Å². The van der Waals surface area contributed by atoms with Gasteiger partial charge in [0.15, 0.2) is 9.84 Å². The van der Waals surface area contributed by atoms with Gasteiger partial charge in [0.05, 0.1) is 22.2 Å². The topological polar surface area (TPSA) is 76.1 Å². The molecule has 0 radical (unpaired) electrons. The average molecular weight is 345 g/mol. The van der Waals surface area contributed by atoms with Crippen molar-refractivity contribution in [2.75, 3.05) is 18.1 Å². The molecular weight excluding hydrogens is 320 g/mol. The minimum Gasteiger partial charge on any atom is -0.356 e. The maximum Gasteiger partial charge on any atom is 0.220 e. The second-order valence-electron chi connectivity index (χ2n) is 6.95. The number of carbonyl (C=O) groups excluding carboxylic acids is 1. The van der Waals surface area contributed by atoms with Gasteiger partial charge in [-0.2, -0.15) is 0 Å². The zero-order valence-electron chi connectivity index (χ0n) is 13.4. The third kappa shape index (κ3) is 5.05. The van der Waals surface area contributed by atoms with Gasteiger partial charge in [0.25, 0.3) is 0 Å². The van der Waals surface area contributed by atoms with Crippen LogP contribution < -0.4 is 5.32 Å². The molecule has 1 aromatic heterocycles. The molecule has 1 aliphatic heterocycles. The van der Waals surface area contributed by atoms with Crippen LogP contribution in [0.4, 0.5) is 0 Å². The highest BCUT2D eigenvalue weighted by Gasteiger charge is 2.29. The van der Waals surface area contributed by atoms with Crippen LogP contribution in [0.3, 0.4) is 0 Å². The van der Waals surface area contributed by atoms with Gasteiger partial charge < -0.3 is 5.32 Å². The Bertz CT molecular complexity index is 629. The fraction of sp³-hybridized carbons (Fsp3) is 0.733. The lowest BCUT2D eigenvalue weighted by atomic mass is 9.93. The Kier molecular flexibility index (Phi) is 5.27. The normalized spacial score (nSPS) is 21.0. The summed E-state index contributed by atoms with van der Waals surface area (Å²) < 4.78 is 22.7. The molecule has 1 amide bonds. The van der Waals surface area contributed by atoms with Gasteiger partial charge in [-0.25, -0.2) is 13.4 Å². The van der Waals surface area contributed by atoms with Crippen molar-refractivity contribution in [3.63, 3.8) is 0 Å². The van der Waals surface area contributed by atoms with Crippen LogP contribution in [0, 0.1) is 5.92 Å². The highest BCUT2D eigenvalue weighted by molar-refractivity contribution is 7.91. The lowest BCUT2D eigenvalue weighted by Crippen LogP contribution is -2.28. The third-order valence-corrected chi connectivity index (χ3v) is 6.53. The fourth-order valence-electron chi connectivity index (χ4n) is 2.45. The van der Waals surface area contributed by atoms with Gasteiger partial charge in [-0.05, 0) is 12.3 Å². The Morgan fingerprint density at radius 1 is 1.45 bits per heavy atom. The summed E-state index contributed by atoms with van der Waals surface area (Å²) >= 11 is 1.62. The number of hydrogen-bond donors (Lipinski definition) is 1. The SMILES string of the molecule is CC(C)(C)c1csc(CCNC(=O)CC2CCS(=O)(=O)C2)n1. The van der Waals surface area contributed by atoms with E-state index < -0.39 is 9.84 Å². The molecule has 2 heterocycles. The van der Waals surface area contributed by atoms with E-state index >= 15 is 0 Å². The molecule has 0 saturated carbocycles. The van der Waals surface area contributed by atoms with Crippen molar-refractivity contribution in [1.82, 2.24) is 10.3 Å². The zero-order chi connectivity index (χ0) is 16.4. The van der Waals surface area contributed by atoms with E-state index in [1.165, 1.54) is 0 Å². The molecule has 1 N–H and O–H groups in total. The van der Waals surface area contributed by atoms with Crippen LogP contribution in [-0.2, 0) is 26.5 Å². The van der Waals surface area contributed by atoms with E-state index in [1.807, 2.05) is 0 Å². The predicted molar refractivity (Wildman–Crippen MR) is 88.9 cm³/mol. The molecule has 22 heavy (non-hydrogen) atoms. The van der Waals surface area contributed by atoms with E-state index in [9.17, 15) is 13.2 Å². The number of nitrogens with one attached hydrogen (secondary N) is 1. The van der Waals surface area contributed by atoms with Crippen LogP contribution in [0.15, 0.2) is 5.38 Å². The molecule has 7 heteroatoms. The molecule has 1 fully saturated rings. The Hall–Kier alpha value is -0.950. The monoisotopic (exact) mass is 344 g/mol. The summed E-state index contributed by atoms with van der Waals surface area (Å²) in [5.74, 6) is 0.300. The maximum absolute atomic E-state index is 11.8. The van der Waals surface area contributed by atoms with Gasteiger partial charge in [0.2, 0.25) is 5.91 Å². The van der Waals surface area contributed by atoms with Gasteiger partial charge in [-0.3, -0.25) is 4.79 Å². The van der Waals surface area contributed by atoms with Crippen molar-refractivity contribution in [2.24, 2.45) is 5.92 Å². The quantitative estimate of drug-likeness (QED) is 0.885. The lowest BCUT2D eigenvalue weighted by Gasteiger charge is -2.14. The summed E-state index contributed by atoms with van der Waals surface area (Å²) in [6, 6.07) is 0. The maximum atomic E-state index is 11.8. The fourth-order valence-corrected chi connectivity index (χ4v) is 5.33. The summed E-state index contributed by atoms with van der Waals surface area (Å²) in [6.07, 6.45) is 1.64. The number of rotatable bonds is 5. The first kappa shape index (κ1) is 17.4. The first-order valence-electron chi connectivity index (χ1n) is 7.58. The number of thiazole rings is 1. The van der Waals surface area contributed by atoms with Crippen molar-refractivity contribution in [3.05, 3.63) is 16.1 Å². The van der Waals surface area contributed by atoms with Crippen LogP contribution in [0.25, 0.3) is 0 Å². The molecular formula is C15H24N2O3S2. The van der Waals surface area contributed by atoms with Crippen LogP contribution in [0.5, 0.6) is 0 Å². The lowest BCUT2D eigenvalue weighted by molar-refractivity contribution is -0.121. The molecule has 0 spiro atoms. The van der Waals surface area contributed by atoms with Crippen LogP contribution in [0.2, 0.25) is 0 Å². The molecule has 1 aromatic rings. The number of aromatic nitrogens is 1. The van der Waals surface area contributed by atoms with Gasteiger partial charge >= 0.3 is 0 Å². The molecule has 1 saturated heterocycles. The Morgan fingerprint density at radius 3 is 2.73 bits per heavy atom. The molecule has 0 aromatic carbocycles. The smallest absolute Gasteiger partial charge is 0.220 e. The molecule has 5 nitrogen and oxygen atoms in total. The molecule has 1 aliphatic rings. The number of hydrogen-bond acceptors (Lipinski definition) is 5. The molecule has 0 bridgehead atoms. The van der Waals surface area contributed by atoms with Crippen molar-refractivity contribution < 1.29 is 13.2 Å². The Morgan fingerprint density at radius 2 is 2.18 bits per heavy atom. The van der Waals surface area contributed by atoms with Crippen molar-refractivity contribution in [3.8, 4) is 0 Å². The van der Waals surface area contributed by atoms with Gasteiger partial charge in [-0.1, -0.05) is 20.8 Å². The highest BCUT2D eigenvalue weighted by atomic mass is 32.2. The molecule has 1 unspecified atom stereocenters. The number of carbonyl (C=O) groups is 1. The molecule has 2 rings (SSSR count). The first-order valence-corrected chi connectivity index (χ1v) is 10.3. The number of sulfone groups is 1. The van der Waals surface area contributed by atoms with Crippen LogP contribution in [-0.4, -0.2) is 37.4 Å². The third-order valence-electron chi connectivity index (χ3n) is 3.78. The zero-order valence-corrected chi connectivity index (χ0v) is 15.0. The van der Waals surface area contributed by atoms with E-state index in [0.717, 1.165) is 17.1 Å². The number of nitrogens with zero attached hydrogens (tertiary/aromatic N) is 1. The van der Waals surface area contributed by atoms with Crippen molar-refractivity contribution in [2.45, 2.75) is 45.4 Å². The standard InChI is InChI=1S/C15H24N2O3S2/c1-15(2,3)12-9-21-14(17-12)4-6-16-13(18)8-11-5-7-22(19,20)10-11/h9,11H,4-8,10H2,1-3H3,(H,16,18). The Balaban J connectivity index is 1.72. The van der Waals surface area contributed by atoms with E-state index in [4.69, 9.17) is 0 Å². The Labute approximate surface area is 136 Å². The molecule has 124 valence electrons. The van der Waals surface area contributed by atoms with Gasteiger partial charge in [0, 0.05) is 30.2 Å². The second kappa shape index (κ2) is 6.66. The van der Waals surface area contributed by atoms with Crippen molar-refractivity contribution >= 4 is 27.1 Å². The van der Waals surface area contributed by atoms with E-state index in [1.54, 1.807) is 11.3 Å². The minimum absolute atomic E-state index is 0.0163. The summed E-state index contributed by atoms with van der Waals surface area (Å²) in [5, 5.41) is 5.96. The largest absolute Gasteiger partial charge is 0.356 e. The van der Waals surface area contributed by atoms with E-state index in [2.05, 4.69) is 36.5 Å². The second-order valence-corrected chi connectivity index (χ2v) is 10.1. The van der Waals surface area contributed by atoms with E-state index in [-0.39, 0.29) is 28.7 Å². The average Bonchev–Trinajstić information content (AvgIpc) is 2.95. The summed E-state index contributed by atoms with van der Waals surface area (Å²) in [4.78, 5) is 16.4. The first-order chi connectivity index (χ1) is 10.2. The summed E-state index contributed by atoms with van der Waals surface area (Å²) in [7, 11) is -2.90. The van der Waals surface area contributed by atoms with Crippen LogP contribution in [0.1, 0.15) is 44.3 Å². The van der Waals surface area contributed by atoms with Crippen molar-refractivity contribution in [1.29, 1.82) is 0 Å². The van der Waals surface area contributed by atoms with Crippen LogP contribution >= 0.6 is 11.3 Å². The number of amides is 1. The molecule has 0 aliphatic carbocycles. The molecule has 1 atom stereocenters. The predicted octanol–water partition coefficient (Wildman–Crippen LogP) is 1.92. The summed E-state index contributed by atoms with van der Waals surface area (Å²) in [5.41, 5.74) is 1.13. The summed E-state index contributed by atoms with van der Waals surface area (Å²) in [6.45, 7) is 6.94.